The first-order chi connectivity index (χ1) is 8.56. The van der Waals surface area contributed by atoms with Crippen molar-refractivity contribution < 1.29 is 4.79 Å². The predicted octanol–water partition coefficient (Wildman–Crippen LogP) is 2.42. The van der Waals surface area contributed by atoms with Crippen molar-refractivity contribution in [3.63, 3.8) is 0 Å². The van der Waals surface area contributed by atoms with Crippen molar-refractivity contribution in [2.24, 2.45) is 11.7 Å². The van der Waals surface area contributed by atoms with Crippen LogP contribution in [-0.4, -0.2) is 11.9 Å². The van der Waals surface area contributed by atoms with Gasteiger partial charge in [0.25, 0.3) is 0 Å². The van der Waals surface area contributed by atoms with Crippen molar-refractivity contribution in [2.75, 3.05) is 0 Å². The monoisotopic (exact) mass is 264 g/mol. The van der Waals surface area contributed by atoms with E-state index >= 15 is 0 Å². The van der Waals surface area contributed by atoms with Gasteiger partial charge in [0.05, 0.1) is 12.0 Å². The molecule has 18 heavy (non-hydrogen) atoms. The number of nitrogens with one attached hydrogen (secondary N) is 1. The van der Waals surface area contributed by atoms with Gasteiger partial charge in [0.1, 0.15) is 0 Å². The summed E-state index contributed by atoms with van der Waals surface area (Å²) >= 11 is 5.93. The normalized spacial score (nSPS) is 23.9. The fraction of sp³-hybridized carbons (Fsp3) is 0.357. The zero-order chi connectivity index (χ0) is 13.1. The minimum Gasteiger partial charge on any atom is -0.349 e. The molecular formula is C14H17ClN2O. The highest BCUT2D eigenvalue weighted by molar-refractivity contribution is 6.30. The first-order valence-corrected chi connectivity index (χ1v) is 6.44. The van der Waals surface area contributed by atoms with Gasteiger partial charge in [0.15, 0.2) is 0 Å². The molecule has 4 heteroatoms. The first-order valence-electron chi connectivity index (χ1n) is 6.06. The van der Waals surface area contributed by atoms with E-state index in [4.69, 9.17) is 17.3 Å². The third-order valence-corrected chi connectivity index (χ3v) is 3.40. The lowest BCUT2D eigenvalue weighted by Gasteiger charge is -2.17. The number of nitrogens with two attached hydrogens (primary N) is 1. The van der Waals surface area contributed by atoms with E-state index in [1.165, 1.54) is 0 Å². The van der Waals surface area contributed by atoms with Crippen LogP contribution in [0.5, 0.6) is 0 Å². The molecule has 1 aromatic carbocycles. The molecule has 0 aliphatic heterocycles. The van der Waals surface area contributed by atoms with E-state index in [2.05, 4.69) is 5.32 Å². The molecule has 0 aromatic heterocycles. The summed E-state index contributed by atoms with van der Waals surface area (Å²) in [4.78, 5) is 12.0. The van der Waals surface area contributed by atoms with Gasteiger partial charge >= 0.3 is 0 Å². The number of rotatable bonds is 3. The Hall–Kier alpha value is -1.32. The molecule has 0 saturated heterocycles. The fourth-order valence-electron chi connectivity index (χ4n) is 2.10. The molecule has 1 aromatic rings. The zero-order valence-corrected chi connectivity index (χ0v) is 11.0. The molecule has 1 aliphatic rings. The van der Waals surface area contributed by atoms with Gasteiger partial charge < -0.3 is 11.1 Å². The van der Waals surface area contributed by atoms with E-state index < -0.39 is 0 Å². The summed E-state index contributed by atoms with van der Waals surface area (Å²) in [5, 5.41) is 3.66. The zero-order valence-electron chi connectivity index (χ0n) is 10.3. The van der Waals surface area contributed by atoms with Crippen LogP contribution in [0.3, 0.4) is 0 Å². The summed E-state index contributed by atoms with van der Waals surface area (Å²) in [6, 6.07) is 7.46. The van der Waals surface area contributed by atoms with Crippen molar-refractivity contribution in [3.8, 4) is 0 Å². The highest BCUT2D eigenvalue weighted by Gasteiger charge is 2.23. The van der Waals surface area contributed by atoms with Crippen LogP contribution in [0.4, 0.5) is 0 Å². The number of hydrogen-bond acceptors (Lipinski definition) is 2. The summed E-state index contributed by atoms with van der Waals surface area (Å²) in [7, 11) is 0. The molecular weight excluding hydrogens is 248 g/mol. The average Bonchev–Trinajstić information content (AvgIpc) is 2.76. The summed E-state index contributed by atoms with van der Waals surface area (Å²) in [6.07, 6.45) is 4.45. The van der Waals surface area contributed by atoms with Crippen molar-refractivity contribution in [1.82, 2.24) is 5.32 Å². The van der Waals surface area contributed by atoms with Crippen molar-refractivity contribution in [1.29, 1.82) is 0 Å². The van der Waals surface area contributed by atoms with Gasteiger partial charge in [-0.15, -0.1) is 0 Å². The lowest BCUT2D eigenvalue weighted by molar-refractivity contribution is -0.124. The molecule has 0 fully saturated rings. The van der Waals surface area contributed by atoms with Crippen LogP contribution in [-0.2, 0) is 4.79 Å². The molecule has 3 N–H and O–H groups in total. The number of halogens is 1. The Kier molecular flexibility index (Phi) is 4.04. The maximum absolute atomic E-state index is 12.0. The van der Waals surface area contributed by atoms with E-state index in [9.17, 15) is 4.79 Å². The lowest BCUT2D eigenvalue weighted by Crippen LogP contribution is -2.32. The average molecular weight is 265 g/mol. The summed E-state index contributed by atoms with van der Waals surface area (Å²) in [5.74, 6) is -0.0895. The SMILES string of the molecule is CC(NC(=O)C1C=CC(N)C1)c1cccc(Cl)c1. The first kappa shape index (κ1) is 13.1. The van der Waals surface area contributed by atoms with Crippen LogP contribution in [0.1, 0.15) is 24.9 Å². The topological polar surface area (TPSA) is 55.1 Å². The van der Waals surface area contributed by atoms with Crippen LogP contribution < -0.4 is 11.1 Å². The van der Waals surface area contributed by atoms with Crippen LogP contribution >= 0.6 is 11.6 Å². The van der Waals surface area contributed by atoms with Crippen LogP contribution in [0, 0.1) is 5.92 Å². The van der Waals surface area contributed by atoms with E-state index in [0.717, 1.165) is 5.56 Å². The van der Waals surface area contributed by atoms with E-state index in [0.29, 0.717) is 11.4 Å². The van der Waals surface area contributed by atoms with Gasteiger partial charge in [-0.3, -0.25) is 4.79 Å². The smallest absolute Gasteiger partial charge is 0.227 e. The largest absolute Gasteiger partial charge is 0.349 e. The van der Waals surface area contributed by atoms with Gasteiger partial charge in [-0.05, 0) is 31.0 Å². The van der Waals surface area contributed by atoms with Crippen molar-refractivity contribution >= 4 is 17.5 Å². The molecule has 1 amide bonds. The van der Waals surface area contributed by atoms with Crippen LogP contribution in [0.15, 0.2) is 36.4 Å². The maximum Gasteiger partial charge on any atom is 0.227 e. The number of benzene rings is 1. The number of carbonyl (C=O) groups excluding carboxylic acids is 1. The highest BCUT2D eigenvalue weighted by Crippen LogP contribution is 2.20. The van der Waals surface area contributed by atoms with E-state index in [-0.39, 0.29) is 23.9 Å². The lowest BCUT2D eigenvalue weighted by atomic mass is 10.0. The second-order valence-corrected chi connectivity index (χ2v) is 5.11. The minimum atomic E-state index is -0.110. The van der Waals surface area contributed by atoms with Gasteiger partial charge in [0, 0.05) is 11.1 Å². The van der Waals surface area contributed by atoms with Gasteiger partial charge in [-0.2, -0.15) is 0 Å². The van der Waals surface area contributed by atoms with Crippen molar-refractivity contribution in [2.45, 2.75) is 25.4 Å². The molecule has 0 heterocycles. The minimum absolute atomic E-state index is 0.00206. The Labute approximate surface area is 112 Å². The quantitative estimate of drug-likeness (QED) is 0.824. The third kappa shape index (κ3) is 3.12. The Morgan fingerprint density at radius 3 is 2.89 bits per heavy atom. The van der Waals surface area contributed by atoms with Gasteiger partial charge in [-0.1, -0.05) is 35.9 Å². The summed E-state index contributed by atoms with van der Waals surface area (Å²) in [5.41, 5.74) is 6.74. The molecule has 1 aliphatic carbocycles. The molecule has 0 saturated carbocycles. The van der Waals surface area contributed by atoms with Gasteiger partial charge in [-0.25, -0.2) is 0 Å². The standard InChI is InChI=1S/C14H17ClN2O/c1-9(10-3-2-4-12(15)7-10)17-14(18)11-5-6-13(16)8-11/h2-7,9,11,13H,8,16H2,1H3,(H,17,18). The molecule has 3 atom stereocenters. The van der Waals surface area contributed by atoms with Gasteiger partial charge in [0.2, 0.25) is 5.91 Å². The molecule has 3 unspecified atom stereocenters. The molecule has 0 bridgehead atoms. The Balaban J connectivity index is 1.97. The summed E-state index contributed by atoms with van der Waals surface area (Å²) in [6.45, 7) is 1.95. The second-order valence-electron chi connectivity index (χ2n) is 4.68. The highest BCUT2D eigenvalue weighted by atomic mass is 35.5. The molecule has 96 valence electrons. The number of carbonyl (C=O) groups is 1. The van der Waals surface area contributed by atoms with E-state index in [1.807, 2.05) is 43.3 Å². The Morgan fingerprint density at radius 2 is 2.28 bits per heavy atom. The number of amides is 1. The Bertz CT molecular complexity index is 473. The fourth-order valence-corrected chi connectivity index (χ4v) is 2.30. The summed E-state index contributed by atoms with van der Waals surface area (Å²) < 4.78 is 0. The second kappa shape index (κ2) is 5.55. The molecule has 2 rings (SSSR count). The molecule has 0 radical (unpaired) electrons. The number of hydrogen-bond donors (Lipinski definition) is 2. The Morgan fingerprint density at radius 1 is 1.50 bits per heavy atom. The van der Waals surface area contributed by atoms with E-state index in [1.54, 1.807) is 0 Å². The molecule has 0 spiro atoms. The molecule has 3 nitrogen and oxygen atoms in total. The van der Waals surface area contributed by atoms with Crippen LogP contribution in [0.25, 0.3) is 0 Å². The van der Waals surface area contributed by atoms with Crippen LogP contribution in [0.2, 0.25) is 5.02 Å². The van der Waals surface area contributed by atoms with Crippen molar-refractivity contribution in [3.05, 3.63) is 47.0 Å². The third-order valence-electron chi connectivity index (χ3n) is 3.16. The predicted molar refractivity (Wildman–Crippen MR) is 73.2 cm³/mol. The maximum atomic E-state index is 12.0.